The number of hydrogen-bond donors (Lipinski definition) is 1. The maximum Gasteiger partial charge on any atom is 0.0578 e. The predicted molar refractivity (Wildman–Crippen MR) is 64.3 cm³/mol. The largest absolute Gasteiger partial charge is 0.301 e. The van der Waals surface area contributed by atoms with Crippen LogP contribution in [0.5, 0.6) is 0 Å². The van der Waals surface area contributed by atoms with Gasteiger partial charge in [-0.05, 0) is 19.3 Å². The van der Waals surface area contributed by atoms with Gasteiger partial charge in [-0.25, -0.2) is 0 Å². The van der Waals surface area contributed by atoms with E-state index >= 15 is 0 Å². The standard InChI is InChI=1S/C13H25N/c1-5-9-13(10-6-2,11-7-3)14-12-8-4/h4,14H,5-7,9-12H2,1-3H3. The highest BCUT2D eigenvalue weighted by molar-refractivity contribution is 4.94. The van der Waals surface area contributed by atoms with Crippen molar-refractivity contribution < 1.29 is 0 Å². The highest BCUT2D eigenvalue weighted by Gasteiger charge is 2.25. The third-order valence-corrected chi connectivity index (χ3v) is 2.75. The molecule has 0 amide bonds. The molecule has 1 nitrogen and oxygen atoms in total. The minimum atomic E-state index is 0.310. The molecule has 0 aromatic heterocycles. The monoisotopic (exact) mass is 195 g/mol. The van der Waals surface area contributed by atoms with Crippen molar-refractivity contribution in [1.29, 1.82) is 0 Å². The Morgan fingerprint density at radius 1 is 1.00 bits per heavy atom. The van der Waals surface area contributed by atoms with E-state index < -0.39 is 0 Å². The second-order valence-corrected chi connectivity index (χ2v) is 4.09. The van der Waals surface area contributed by atoms with E-state index in [1.54, 1.807) is 0 Å². The molecule has 0 aromatic carbocycles. The van der Waals surface area contributed by atoms with Gasteiger partial charge in [0.25, 0.3) is 0 Å². The lowest BCUT2D eigenvalue weighted by Gasteiger charge is -2.34. The number of terminal acetylenes is 1. The zero-order valence-electron chi connectivity index (χ0n) is 10.0. The van der Waals surface area contributed by atoms with Crippen molar-refractivity contribution in [3.05, 3.63) is 0 Å². The summed E-state index contributed by atoms with van der Waals surface area (Å²) < 4.78 is 0. The van der Waals surface area contributed by atoms with E-state index in [0.29, 0.717) is 12.1 Å². The van der Waals surface area contributed by atoms with Crippen molar-refractivity contribution in [2.24, 2.45) is 0 Å². The van der Waals surface area contributed by atoms with Crippen LogP contribution in [0.4, 0.5) is 0 Å². The average molecular weight is 195 g/mol. The van der Waals surface area contributed by atoms with Crippen molar-refractivity contribution in [2.75, 3.05) is 6.54 Å². The molecule has 0 atom stereocenters. The van der Waals surface area contributed by atoms with Gasteiger partial charge in [-0.3, -0.25) is 0 Å². The first-order valence-electron chi connectivity index (χ1n) is 5.93. The molecule has 0 aliphatic heterocycles. The Kier molecular flexibility index (Phi) is 7.61. The summed E-state index contributed by atoms with van der Waals surface area (Å²) in [5, 5.41) is 3.55. The van der Waals surface area contributed by atoms with Gasteiger partial charge in [0.1, 0.15) is 0 Å². The van der Waals surface area contributed by atoms with Crippen LogP contribution in [0.1, 0.15) is 59.3 Å². The van der Waals surface area contributed by atoms with Crippen molar-refractivity contribution in [3.63, 3.8) is 0 Å². The molecule has 82 valence electrons. The molecule has 1 N–H and O–H groups in total. The molecule has 0 rings (SSSR count). The van der Waals surface area contributed by atoms with Gasteiger partial charge in [-0.15, -0.1) is 6.42 Å². The van der Waals surface area contributed by atoms with E-state index in [9.17, 15) is 0 Å². The molecule has 0 aliphatic rings. The molecule has 0 saturated carbocycles. The lowest BCUT2D eigenvalue weighted by molar-refractivity contribution is 0.264. The molecule has 0 spiro atoms. The van der Waals surface area contributed by atoms with Gasteiger partial charge in [0.05, 0.1) is 6.54 Å². The highest BCUT2D eigenvalue weighted by Crippen LogP contribution is 2.24. The Morgan fingerprint density at radius 3 is 1.71 bits per heavy atom. The average Bonchev–Trinajstić information content (AvgIpc) is 2.16. The maximum absolute atomic E-state index is 5.31. The molecule has 0 aromatic rings. The Bertz CT molecular complexity index is 150. The van der Waals surface area contributed by atoms with Crippen LogP contribution in [0.2, 0.25) is 0 Å². The van der Waals surface area contributed by atoms with E-state index in [2.05, 4.69) is 32.0 Å². The van der Waals surface area contributed by atoms with Crippen LogP contribution >= 0.6 is 0 Å². The molecule has 0 heterocycles. The Labute approximate surface area is 89.7 Å². The van der Waals surface area contributed by atoms with E-state index in [0.717, 1.165) is 0 Å². The molecular weight excluding hydrogens is 170 g/mol. The summed E-state index contributed by atoms with van der Waals surface area (Å²) >= 11 is 0. The van der Waals surface area contributed by atoms with Gasteiger partial charge in [0.15, 0.2) is 0 Å². The fourth-order valence-corrected chi connectivity index (χ4v) is 2.31. The van der Waals surface area contributed by atoms with E-state index in [4.69, 9.17) is 6.42 Å². The van der Waals surface area contributed by atoms with Crippen molar-refractivity contribution in [3.8, 4) is 12.3 Å². The lowest BCUT2D eigenvalue weighted by Crippen LogP contribution is -2.45. The summed E-state index contributed by atoms with van der Waals surface area (Å²) in [5.74, 6) is 2.69. The van der Waals surface area contributed by atoms with Gasteiger partial charge >= 0.3 is 0 Å². The second-order valence-electron chi connectivity index (χ2n) is 4.09. The molecule has 0 radical (unpaired) electrons. The molecule has 0 aliphatic carbocycles. The first-order valence-corrected chi connectivity index (χ1v) is 5.93. The van der Waals surface area contributed by atoms with Gasteiger partial charge < -0.3 is 5.32 Å². The van der Waals surface area contributed by atoms with Crippen LogP contribution < -0.4 is 5.32 Å². The third-order valence-electron chi connectivity index (χ3n) is 2.75. The molecule has 1 heteroatoms. The van der Waals surface area contributed by atoms with Crippen LogP contribution in [0.25, 0.3) is 0 Å². The van der Waals surface area contributed by atoms with Crippen LogP contribution in [-0.2, 0) is 0 Å². The molecule has 0 saturated heterocycles. The normalized spacial score (nSPS) is 11.3. The number of hydrogen-bond acceptors (Lipinski definition) is 1. The molecule has 0 fully saturated rings. The second kappa shape index (κ2) is 7.88. The number of rotatable bonds is 8. The van der Waals surface area contributed by atoms with Gasteiger partial charge in [0.2, 0.25) is 0 Å². The minimum absolute atomic E-state index is 0.310. The smallest absolute Gasteiger partial charge is 0.0578 e. The van der Waals surface area contributed by atoms with Crippen LogP contribution in [0.3, 0.4) is 0 Å². The van der Waals surface area contributed by atoms with E-state index in [1.165, 1.54) is 38.5 Å². The first kappa shape index (κ1) is 13.5. The maximum atomic E-state index is 5.31. The van der Waals surface area contributed by atoms with Crippen LogP contribution in [0, 0.1) is 12.3 Å². The summed E-state index contributed by atoms with van der Waals surface area (Å²) in [6.45, 7) is 7.45. The van der Waals surface area contributed by atoms with Crippen LogP contribution in [-0.4, -0.2) is 12.1 Å². The van der Waals surface area contributed by atoms with Gasteiger partial charge in [0, 0.05) is 5.54 Å². The van der Waals surface area contributed by atoms with Gasteiger partial charge in [-0.1, -0.05) is 46.0 Å². The Hall–Kier alpha value is -0.480. The van der Waals surface area contributed by atoms with Gasteiger partial charge in [-0.2, -0.15) is 0 Å². The molecule has 14 heavy (non-hydrogen) atoms. The third kappa shape index (κ3) is 4.67. The topological polar surface area (TPSA) is 12.0 Å². The Balaban J connectivity index is 4.30. The minimum Gasteiger partial charge on any atom is -0.301 e. The summed E-state index contributed by atoms with van der Waals surface area (Å²) in [4.78, 5) is 0. The van der Waals surface area contributed by atoms with E-state index in [1.807, 2.05) is 0 Å². The zero-order chi connectivity index (χ0) is 10.9. The van der Waals surface area contributed by atoms with E-state index in [-0.39, 0.29) is 0 Å². The van der Waals surface area contributed by atoms with Crippen molar-refractivity contribution in [2.45, 2.75) is 64.8 Å². The van der Waals surface area contributed by atoms with Crippen LogP contribution in [0.15, 0.2) is 0 Å². The van der Waals surface area contributed by atoms with Crippen molar-refractivity contribution >= 4 is 0 Å². The summed E-state index contributed by atoms with van der Waals surface area (Å²) in [5.41, 5.74) is 0.310. The van der Waals surface area contributed by atoms with Crippen molar-refractivity contribution in [1.82, 2.24) is 5.32 Å². The molecule has 0 unspecified atom stereocenters. The fraction of sp³-hybridized carbons (Fsp3) is 0.846. The molecular formula is C13H25N. The lowest BCUT2D eigenvalue weighted by atomic mass is 9.84. The SMILES string of the molecule is C#CCNC(CCC)(CCC)CCC. The predicted octanol–water partition coefficient (Wildman–Crippen LogP) is 3.35. The fourth-order valence-electron chi connectivity index (χ4n) is 2.31. The summed E-state index contributed by atoms with van der Waals surface area (Å²) in [7, 11) is 0. The quantitative estimate of drug-likeness (QED) is 0.586. The first-order chi connectivity index (χ1) is 6.74. The number of nitrogens with one attached hydrogen (secondary N) is 1. The Morgan fingerprint density at radius 2 is 1.43 bits per heavy atom. The zero-order valence-corrected chi connectivity index (χ0v) is 10.0. The summed E-state index contributed by atoms with van der Waals surface area (Å²) in [6, 6.07) is 0. The molecule has 0 bridgehead atoms. The summed E-state index contributed by atoms with van der Waals surface area (Å²) in [6.07, 6.45) is 12.8. The highest BCUT2D eigenvalue weighted by atomic mass is 15.0.